The van der Waals surface area contributed by atoms with Crippen molar-refractivity contribution >= 4 is 47.3 Å². The van der Waals surface area contributed by atoms with Crippen molar-refractivity contribution in [3.63, 3.8) is 0 Å². The van der Waals surface area contributed by atoms with Gasteiger partial charge in [-0.1, -0.05) is 0 Å². The van der Waals surface area contributed by atoms with E-state index >= 15 is 0 Å². The Hall–Kier alpha value is -2.57. The van der Waals surface area contributed by atoms with Crippen molar-refractivity contribution in [1.29, 1.82) is 0 Å². The van der Waals surface area contributed by atoms with Crippen LogP contribution in [0.2, 0.25) is 58.9 Å². The first-order valence-corrected chi connectivity index (χ1v) is 27.1. The summed E-state index contributed by atoms with van der Waals surface area (Å²) in [4.78, 5) is 25.7. The third-order valence-electron chi connectivity index (χ3n) is 8.09. The van der Waals surface area contributed by atoms with Gasteiger partial charge < -0.3 is 38.1 Å². The van der Waals surface area contributed by atoms with Crippen LogP contribution in [-0.2, 0) is 22.8 Å². The van der Waals surface area contributed by atoms with Crippen LogP contribution in [0, 0.1) is 13.8 Å². The fraction of sp³-hybridized carbons (Fsp3) is 0.677. The molecular weight excluding hydrogens is 697 g/mol. The minimum atomic E-state index is -1.90. The standard InChI is InChI=1S/C20H38N4O4Si3.C11H14N4O4/c1-14-16-19(22-12-21-14)24(13-23-16)20-18(28-31(8,9)10)17(27-30(5,6)7)15(26-20)11-25-29(2,3)4;1-5-7-10(13-3-12-5)15(4-14-7)11-9(18)8(17)6(2-16)19-11/h12-13,15,17-18,20H,11H2,1-10H3;3-4,6,8-9,11,16-18H,2H2,1H3/t15-,17-,18-,20-;6-,8-,9-,11-/m11/s1. The number of aryl methyl sites for hydroxylation is 2. The zero-order valence-corrected chi connectivity index (χ0v) is 33.8. The molecule has 2 fully saturated rings. The summed E-state index contributed by atoms with van der Waals surface area (Å²) in [6, 6.07) is 0. The summed E-state index contributed by atoms with van der Waals surface area (Å²) in [5.74, 6) is 0. The molecule has 0 bridgehead atoms. The Kier molecular flexibility index (Phi) is 11.5. The maximum atomic E-state index is 9.98. The van der Waals surface area contributed by atoms with Gasteiger partial charge >= 0.3 is 0 Å². The molecule has 2 saturated heterocycles. The van der Waals surface area contributed by atoms with E-state index in [-0.39, 0.29) is 31.1 Å². The van der Waals surface area contributed by atoms with Gasteiger partial charge in [0.1, 0.15) is 60.3 Å². The Bertz CT molecular complexity index is 1760. The molecule has 0 amide bonds. The van der Waals surface area contributed by atoms with E-state index in [1.54, 1.807) is 19.6 Å². The predicted molar refractivity (Wildman–Crippen MR) is 193 cm³/mol. The third-order valence-corrected chi connectivity index (χ3v) is 11.1. The van der Waals surface area contributed by atoms with Crippen molar-refractivity contribution in [3.8, 4) is 0 Å². The summed E-state index contributed by atoms with van der Waals surface area (Å²) >= 11 is 0. The van der Waals surface area contributed by atoms with Crippen LogP contribution in [0.3, 0.4) is 0 Å². The van der Waals surface area contributed by atoms with Crippen molar-refractivity contribution in [1.82, 2.24) is 39.0 Å². The van der Waals surface area contributed by atoms with E-state index in [4.69, 9.17) is 27.9 Å². The van der Waals surface area contributed by atoms with Crippen LogP contribution < -0.4 is 0 Å². The lowest BCUT2D eigenvalue weighted by Gasteiger charge is -2.34. The number of aliphatic hydroxyl groups is 3. The molecule has 6 heterocycles. The highest BCUT2D eigenvalue weighted by Crippen LogP contribution is 2.39. The molecule has 50 heavy (non-hydrogen) atoms. The first-order valence-electron chi connectivity index (χ1n) is 16.8. The second-order valence-electron chi connectivity index (χ2n) is 15.7. The van der Waals surface area contributed by atoms with Gasteiger partial charge in [0.25, 0.3) is 0 Å². The molecule has 8 atom stereocenters. The molecule has 0 aromatic carbocycles. The Morgan fingerprint density at radius 2 is 1.12 bits per heavy atom. The number of rotatable bonds is 10. The van der Waals surface area contributed by atoms with Crippen LogP contribution in [0.4, 0.5) is 0 Å². The second-order valence-corrected chi connectivity index (χ2v) is 29.1. The minimum absolute atomic E-state index is 0.208. The van der Waals surface area contributed by atoms with Gasteiger partial charge in [0.2, 0.25) is 0 Å². The quantitative estimate of drug-likeness (QED) is 0.200. The normalized spacial score (nSPS) is 27.6. The number of nitrogens with zero attached hydrogens (tertiary/aromatic N) is 8. The van der Waals surface area contributed by atoms with Crippen molar-refractivity contribution in [2.45, 2.75) is 122 Å². The van der Waals surface area contributed by atoms with Crippen molar-refractivity contribution in [3.05, 3.63) is 36.7 Å². The Morgan fingerprint density at radius 1 is 0.640 bits per heavy atom. The SMILES string of the molecule is Cc1ncnc2c1ncn2[C@@H]1O[C@H](CO)[C@@H](O)[C@H]1O.Cc1ncnc2c1ncn2[C@@H]1O[C@H](CO[Si](C)(C)C)[C@@H](O[Si](C)(C)C)[C@H]1O[Si](C)(C)C. The van der Waals surface area contributed by atoms with Crippen LogP contribution >= 0.6 is 0 Å². The van der Waals surface area contributed by atoms with Crippen LogP contribution in [0.5, 0.6) is 0 Å². The van der Waals surface area contributed by atoms with Gasteiger partial charge in [-0.25, -0.2) is 29.9 Å². The summed E-state index contributed by atoms with van der Waals surface area (Å²) in [5.41, 5.74) is 4.22. The summed E-state index contributed by atoms with van der Waals surface area (Å²) < 4.78 is 35.2. The van der Waals surface area contributed by atoms with E-state index in [2.05, 4.69) is 88.8 Å². The molecule has 6 rings (SSSR count). The zero-order chi connectivity index (χ0) is 36.8. The first-order chi connectivity index (χ1) is 23.3. The van der Waals surface area contributed by atoms with Crippen molar-refractivity contribution in [2.24, 2.45) is 0 Å². The van der Waals surface area contributed by atoms with E-state index in [0.717, 1.165) is 22.6 Å². The summed E-state index contributed by atoms with van der Waals surface area (Å²) in [6.07, 6.45) is 1.22. The van der Waals surface area contributed by atoms with Crippen molar-refractivity contribution in [2.75, 3.05) is 13.2 Å². The molecular formula is C31H52N8O8Si3. The topological polar surface area (TPSA) is 194 Å². The molecule has 19 heteroatoms. The third kappa shape index (κ3) is 8.72. The number of ether oxygens (including phenoxy) is 2. The Morgan fingerprint density at radius 3 is 1.58 bits per heavy atom. The second kappa shape index (κ2) is 14.8. The molecule has 16 nitrogen and oxygen atoms in total. The number of hydrogen-bond acceptors (Lipinski definition) is 14. The molecule has 0 spiro atoms. The lowest BCUT2D eigenvalue weighted by molar-refractivity contribution is -0.0511. The average molecular weight is 749 g/mol. The molecule has 0 unspecified atom stereocenters. The van der Waals surface area contributed by atoms with Crippen LogP contribution in [0.25, 0.3) is 22.3 Å². The number of fused-ring (bicyclic) bond motifs is 2. The van der Waals surface area contributed by atoms with Crippen LogP contribution in [0.1, 0.15) is 23.8 Å². The number of aliphatic hydroxyl groups excluding tert-OH is 3. The highest BCUT2D eigenvalue weighted by molar-refractivity contribution is 6.70. The zero-order valence-electron chi connectivity index (χ0n) is 30.8. The highest BCUT2D eigenvalue weighted by Gasteiger charge is 2.51. The monoisotopic (exact) mass is 748 g/mol. The smallest absolute Gasteiger partial charge is 0.184 e. The van der Waals surface area contributed by atoms with Gasteiger partial charge in [0.15, 0.2) is 48.7 Å². The molecule has 2 aliphatic rings. The molecule has 0 radical (unpaired) electrons. The lowest BCUT2D eigenvalue weighted by atomic mass is 10.1. The number of hydrogen-bond donors (Lipinski definition) is 3. The van der Waals surface area contributed by atoms with Gasteiger partial charge in [0, 0.05) is 0 Å². The Labute approximate surface area is 295 Å². The maximum Gasteiger partial charge on any atom is 0.184 e. The predicted octanol–water partition coefficient (Wildman–Crippen LogP) is 3.07. The summed E-state index contributed by atoms with van der Waals surface area (Å²) in [7, 11) is -5.49. The van der Waals surface area contributed by atoms with E-state index in [1.165, 1.54) is 17.2 Å². The average Bonchev–Trinajstić information content (AvgIpc) is 3.77. The molecule has 4 aromatic rings. The Balaban J connectivity index is 0.000000217. The summed E-state index contributed by atoms with van der Waals surface area (Å²) in [5, 5.41) is 28.8. The van der Waals surface area contributed by atoms with E-state index in [1.807, 2.05) is 11.5 Å². The van der Waals surface area contributed by atoms with Crippen LogP contribution in [-0.4, -0.2) is 129 Å². The van der Waals surface area contributed by atoms with E-state index in [0.29, 0.717) is 17.8 Å². The summed E-state index contributed by atoms with van der Waals surface area (Å²) in [6.45, 7) is 23.6. The fourth-order valence-electron chi connectivity index (χ4n) is 5.90. The van der Waals surface area contributed by atoms with E-state index < -0.39 is 49.5 Å². The molecule has 0 aliphatic carbocycles. The molecule has 276 valence electrons. The van der Waals surface area contributed by atoms with Gasteiger partial charge in [0.05, 0.1) is 37.3 Å². The van der Waals surface area contributed by atoms with Gasteiger partial charge in [-0.2, -0.15) is 0 Å². The molecule has 3 N–H and O–H groups in total. The molecule has 0 saturated carbocycles. The van der Waals surface area contributed by atoms with Gasteiger partial charge in [-0.15, -0.1) is 0 Å². The van der Waals surface area contributed by atoms with Crippen molar-refractivity contribution < 1.29 is 38.1 Å². The van der Waals surface area contributed by atoms with E-state index in [9.17, 15) is 10.2 Å². The fourth-order valence-corrected chi connectivity index (χ4v) is 8.74. The minimum Gasteiger partial charge on any atom is -0.415 e. The number of imidazole rings is 2. The van der Waals surface area contributed by atoms with Gasteiger partial charge in [-0.05, 0) is 72.8 Å². The van der Waals surface area contributed by atoms with Gasteiger partial charge in [-0.3, -0.25) is 9.13 Å². The molecule has 2 aliphatic heterocycles. The largest absolute Gasteiger partial charge is 0.415 e. The van der Waals surface area contributed by atoms with Crippen LogP contribution in [0.15, 0.2) is 25.3 Å². The first kappa shape index (κ1) is 38.7. The maximum absolute atomic E-state index is 9.98. The lowest BCUT2D eigenvalue weighted by Crippen LogP contribution is -2.48. The number of aromatic nitrogens is 8. The highest BCUT2D eigenvalue weighted by atomic mass is 28.4. The molecule has 4 aromatic heterocycles.